The van der Waals surface area contributed by atoms with E-state index in [4.69, 9.17) is 16.3 Å². The number of carbonyl (C=O) groups excluding carboxylic acids is 3. The number of halogens is 1. The first kappa shape index (κ1) is 21.0. The minimum Gasteiger partial charge on any atom is -0.486 e. The standard InChI is InChI=1S/C25H25ClN2O4/c26-19-6-7-22-20(13-19)21(29)14-25(32-22)8-10-27(11-9-25)24(31)18-12-23(30)28(16-18)15-17-4-2-1-3-5-17/h1-7,13,18H,8-12,14-16H2. The number of nitrogens with zero attached hydrogens (tertiary/aromatic N) is 2. The molecule has 3 heterocycles. The van der Waals surface area contributed by atoms with Crippen LogP contribution in [0.15, 0.2) is 48.5 Å². The van der Waals surface area contributed by atoms with Gasteiger partial charge in [-0.1, -0.05) is 41.9 Å². The number of amides is 2. The van der Waals surface area contributed by atoms with Crippen molar-refractivity contribution < 1.29 is 19.1 Å². The Balaban J connectivity index is 1.20. The Hall–Kier alpha value is -2.86. The van der Waals surface area contributed by atoms with Crippen LogP contribution in [0.2, 0.25) is 5.02 Å². The van der Waals surface area contributed by atoms with Gasteiger partial charge in [0.15, 0.2) is 5.78 Å². The molecule has 1 atom stereocenters. The van der Waals surface area contributed by atoms with Gasteiger partial charge >= 0.3 is 0 Å². The number of benzene rings is 2. The van der Waals surface area contributed by atoms with Crippen LogP contribution in [0, 0.1) is 5.92 Å². The lowest BCUT2D eigenvalue weighted by Crippen LogP contribution is -2.53. The summed E-state index contributed by atoms with van der Waals surface area (Å²) < 4.78 is 6.26. The summed E-state index contributed by atoms with van der Waals surface area (Å²) in [6.07, 6.45) is 1.76. The second-order valence-electron chi connectivity index (χ2n) is 9.01. The molecule has 6 nitrogen and oxygen atoms in total. The summed E-state index contributed by atoms with van der Waals surface area (Å²) in [5, 5.41) is 0.518. The molecule has 7 heteroatoms. The number of ether oxygens (including phenoxy) is 1. The van der Waals surface area contributed by atoms with Crippen molar-refractivity contribution >= 4 is 29.2 Å². The van der Waals surface area contributed by atoms with Crippen LogP contribution in [0.3, 0.4) is 0 Å². The lowest BCUT2D eigenvalue weighted by molar-refractivity contribution is -0.139. The van der Waals surface area contributed by atoms with Crippen LogP contribution >= 0.6 is 11.6 Å². The molecule has 2 amide bonds. The lowest BCUT2D eigenvalue weighted by Gasteiger charge is -2.44. The number of hydrogen-bond acceptors (Lipinski definition) is 4. The predicted molar refractivity (Wildman–Crippen MR) is 120 cm³/mol. The summed E-state index contributed by atoms with van der Waals surface area (Å²) in [5.41, 5.74) is 1.03. The van der Waals surface area contributed by atoms with Gasteiger partial charge in [-0.05, 0) is 23.8 Å². The maximum atomic E-state index is 13.1. The third-order valence-electron chi connectivity index (χ3n) is 6.82. The SMILES string of the molecule is O=C1CC2(CCN(C(=O)C3CC(=O)N(Cc4ccccc4)C3)CC2)Oc2ccc(Cl)cc21. The molecule has 3 aliphatic heterocycles. The van der Waals surface area contributed by atoms with Gasteiger partial charge in [0.05, 0.1) is 17.9 Å². The Labute approximate surface area is 192 Å². The summed E-state index contributed by atoms with van der Waals surface area (Å²) in [4.78, 5) is 41.9. The van der Waals surface area contributed by atoms with Crippen LogP contribution in [-0.2, 0) is 16.1 Å². The van der Waals surface area contributed by atoms with E-state index >= 15 is 0 Å². The maximum Gasteiger partial charge on any atom is 0.227 e. The van der Waals surface area contributed by atoms with E-state index in [1.54, 1.807) is 23.1 Å². The summed E-state index contributed by atoms with van der Waals surface area (Å²) in [6, 6.07) is 15.0. The summed E-state index contributed by atoms with van der Waals surface area (Å²) in [7, 11) is 0. The molecule has 2 saturated heterocycles. The molecule has 0 N–H and O–H groups in total. The van der Waals surface area contributed by atoms with E-state index in [9.17, 15) is 14.4 Å². The number of rotatable bonds is 3. The Morgan fingerprint density at radius 2 is 1.84 bits per heavy atom. The van der Waals surface area contributed by atoms with Gasteiger partial charge in [0.25, 0.3) is 0 Å². The van der Waals surface area contributed by atoms with Crippen molar-refractivity contribution in [1.82, 2.24) is 9.80 Å². The smallest absolute Gasteiger partial charge is 0.227 e. The number of hydrogen-bond donors (Lipinski definition) is 0. The Bertz CT molecular complexity index is 1060. The molecule has 0 saturated carbocycles. The van der Waals surface area contributed by atoms with Gasteiger partial charge in [0, 0.05) is 50.5 Å². The number of Topliss-reactive ketones (excluding diaryl/α,β-unsaturated/α-hetero) is 1. The van der Waals surface area contributed by atoms with Crippen molar-refractivity contribution in [1.29, 1.82) is 0 Å². The van der Waals surface area contributed by atoms with Crippen LogP contribution in [-0.4, -0.2) is 52.6 Å². The third-order valence-corrected chi connectivity index (χ3v) is 7.05. The van der Waals surface area contributed by atoms with Crippen LogP contribution in [0.4, 0.5) is 0 Å². The Morgan fingerprint density at radius 1 is 1.09 bits per heavy atom. The van der Waals surface area contributed by atoms with Gasteiger partial charge in [0.1, 0.15) is 11.4 Å². The number of piperidine rings is 1. The van der Waals surface area contributed by atoms with E-state index in [0.29, 0.717) is 61.8 Å². The van der Waals surface area contributed by atoms with Crippen LogP contribution < -0.4 is 4.74 Å². The van der Waals surface area contributed by atoms with Crippen molar-refractivity contribution in [3.8, 4) is 5.75 Å². The molecular formula is C25H25ClN2O4. The molecule has 2 aromatic rings. The van der Waals surface area contributed by atoms with Crippen LogP contribution in [0.5, 0.6) is 5.75 Å². The molecule has 2 aromatic carbocycles. The van der Waals surface area contributed by atoms with E-state index in [1.165, 1.54) is 0 Å². The molecule has 0 bridgehead atoms. The van der Waals surface area contributed by atoms with E-state index in [1.807, 2.05) is 35.2 Å². The fourth-order valence-corrected chi connectivity index (χ4v) is 5.20. The van der Waals surface area contributed by atoms with Gasteiger partial charge < -0.3 is 14.5 Å². The maximum absolute atomic E-state index is 13.1. The number of ketones is 1. The van der Waals surface area contributed by atoms with Gasteiger partial charge in [0.2, 0.25) is 11.8 Å². The van der Waals surface area contributed by atoms with E-state index in [2.05, 4.69) is 0 Å². The van der Waals surface area contributed by atoms with E-state index < -0.39 is 5.60 Å². The third kappa shape index (κ3) is 3.99. The second-order valence-corrected chi connectivity index (χ2v) is 9.45. The fraction of sp³-hybridized carbons (Fsp3) is 0.400. The molecule has 3 aliphatic rings. The van der Waals surface area contributed by atoms with Gasteiger partial charge in [-0.15, -0.1) is 0 Å². The highest BCUT2D eigenvalue weighted by molar-refractivity contribution is 6.31. The van der Waals surface area contributed by atoms with Crippen LogP contribution in [0.25, 0.3) is 0 Å². The molecule has 166 valence electrons. The molecular weight excluding hydrogens is 428 g/mol. The molecule has 1 spiro atoms. The normalized spacial score (nSPS) is 22.1. The molecule has 2 fully saturated rings. The molecule has 5 rings (SSSR count). The van der Waals surface area contributed by atoms with E-state index in [0.717, 1.165) is 5.56 Å². The molecule has 0 aliphatic carbocycles. The average molecular weight is 453 g/mol. The topological polar surface area (TPSA) is 66.9 Å². The first-order chi connectivity index (χ1) is 15.4. The summed E-state index contributed by atoms with van der Waals surface area (Å²) in [6.45, 7) is 2.04. The fourth-order valence-electron chi connectivity index (χ4n) is 5.03. The quantitative estimate of drug-likeness (QED) is 0.712. The predicted octanol–water partition coefficient (Wildman–Crippen LogP) is 3.72. The van der Waals surface area contributed by atoms with E-state index in [-0.39, 0.29) is 29.9 Å². The monoisotopic (exact) mass is 452 g/mol. The van der Waals surface area contributed by atoms with Crippen molar-refractivity contribution in [2.24, 2.45) is 5.92 Å². The average Bonchev–Trinajstić information content (AvgIpc) is 3.15. The molecule has 1 unspecified atom stereocenters. The van der Waals surface area contributed by atoms with Crippen molar-refractivity contribution in [3.63, 3.8) is 0 Å². The number of carbonyl (C=O) groups is 3. The summed E-state index contributed by atoms with van der Waals surface area (Å²) in [5.74, 6) is 0.349. The van der Waals surface area contributed by atoms with Gasteiger partial charge in [-0.2, -0.15) is 0 Å². The zero-order valence-electron chi connectivity index (χ0n) is 17.8. The number of fused-ring (bicyclic) bond motifs is 1. The van der Waals surface area contributed by atoms with Gasteiger partial charge in [-0.3, -0.25) is 14.4 Å². The number of likely N-dealkylation sites (tertiary alicyclic amines) is 2. The summed E-state index contributed by atoms with van der Waals surface area (Å²) >= 11 is 6.02. The first-order valence-corrected chi connectivity index (χ1v) is 11.4. The Kier molecular flexibility index (Phi) is 5.41. The molecule has 0 aromatic heterocycles. The second kappa shape index (κ2) is 8.24. The highest BCUT2D eigenvalue weighted by atomic mass is 35.5. The van der Waals surface area contributed by atoms with Gasteiger partial charge in [-0.25, -0.2) is 0 Å². The minimum absolute atomic E-state index is 0.0251. The zero-order valence-corrected chi connectivity index (χ0v) is 18.5. The molecule has 0 radical (unpaired) electrons. The van der Waals surface area contributed by atoms with Crippen molar-refractivity contribution in [2.45, 2.75) is 37.8 Å². The Morgan fingerprint density at radius 3 is 2.59 bits per heavy atom. The largest absolute Gasteiger partial charge is 0.486 e. The highest BCUT2D eigenvalue weighted by Gasteiger charge is 2.45. The molecule has 32 heavy (non-hydrogen) atoms. The van der Waals surface area contributed by atoms with Crippen molar-refractivity contribution in [2.75, 3.05) is 19.6 Å². The lowest BCUT2D eigenvalue weighted by atomic mass is 9.82. The first-order valence-electron chi connectivity index (χ1n) is 11.0. The van der Waals surface area contributed by atoms with Crippen molar-refractivity contribution in [3.05, 3.63) is 64.7 Å². The van der Waals surface area contributed by atoms with Crippen LogP contribution in [0.1, 0.15) is 41.6 Å². The highest BCUT2D eigenvalue weighted by Crippen LogP contribution is 2.40. The zero-order chi connectivity index (χ0) is 22.3. The minimum atomic E-state index is -0.570.